The predicted molar refractivity (Wildman–Crippen MR) is 113 cm³/mol. The molecule has 7 nitrogen and oxygen atoms in total. The number of urea groups is 1. The summed E-state index contributed by atoms with van der Waals surface area (Å²) in [4.78, 5) is 14.4. The number of benzene rings is 2. The zero-order valence-electron chi connectivity index (χ0n) is 16.9. The molecule has 0 saturated heterocycles. The highest BCUT2D eigenvalue weighted by molar-refractivity contribution is 5.89. The fraction of sp³-hybridized carbons (Fsp3) is 0.409. The molecule has 3 rings (SSSR count). The summed E-state index contributed by atoms with van der Waals surface area (Å²) in [6.07, 6.45) is 0.159. The Hall–Kier alpha value is -2.77. The Morgan fingerprint density at radius 2 is 1.83 bits per heavy atom. The minimum absolute atomic E-state index is 0.151. The summed E-state index contributed by atoms with van der Waals surface area (Å²) in [5, 5.41) is 16.5. The third kappa shape index (κ3) is 6.10. The van der Waals surface area contributed by atoms with Gasteiger partial charge in [0.1, 0.15) is 0 Å². The van der Waals surface area contributed by atoms with Crippen molar-refractivity contribution in [1.82, 2.24) is 10.2 Å². The molecule has 2 aromatic carbocycles. The molecule has 0 aromatic heterocycles. The van der Waals surface area contributed by atoms with Gasteiger partial charge in [-0.2, -0.15) is 0 Å². The molecule has 0 aliphatic carbocycles. The topological polar surface area (TPSA) is 83.1 Å². The Balaban J connectivity index is 1.59. The number of hydrogen-bond acceptors (Lipinski definition) is 5. The number of nitrogens with one attached hydrogen (secondary N) is 2. The van der Waals surface area contributed by atoms with Crippen molar-refractivity contribution in [3.8, 4) is 11.5 Å². The van der Waals surface area contributed by atoms with Gasteiger partial charge in [0.15, 0.2) is 11.5 Å². The fourth-order valence-electron chi connectivity index (χ4n) is 3.31. The normalized spacial score (nSPS) is 15.3. The van der Waals surface area contributed by atoms with E-state index in [1.165, 1.54) is 0 Å². The van der Waals surface area contributed by atoms with Crippen molar-refractivity contribution < 1.29 is 19.4 Å². The number of anilines is 1. The number of fused-ring (bicyclic) bond motifs is 1. The maximum atomic E-state index is 12.4. The molecular weight excluding hydrogens is 370 g/mol. The number of ether oxygens (including phenoxy) is 2. The number of carbonyl (C=O) groups excluding carboxylic acids is 1. The van der Waals surface area contributed by atoms with E-state index in [1.54, 1.807) is 18.2 Å². The number of carbonyl (C=O) groups is 1. The lowest BCUT2D eigenvalue weighted by molar-refractivity contribution is 0.0911. The van der Waals surface area contributed by atoms with Crippen LogP contribution in [0, 0.1) is 5.92 Å². The Labute approximate surface area is 171 Å². The lowest BCUT2D eigenvalue weighted by Crippen LogP contribution is -2.39. The molecule has 1 heterocycles. The van der Waals surface area contributed by atoms with Gasteiger partial charge in [-0.15, -0.1) is 0 Å². The van der Waals surface area contributed by atoms with Gasteiger partial charge in [-0.05, 0) is 31.8 Å². The summed E-state index contributed by atoms with van der Waals surface area (Å²) in [6.45, 7) is 2.19. The van der Waals surface area contributed by atoms with E-state index in [4.69, 9.17) is 9.47 Å². The first kappa shape index (κ1) is 21.0. The second-order valence-corrected chi connectivity index (χ2v) is 7.42. The molecule has 0 radical (unpaired) electrons. The molecule has 29 heavy (non-hydrogen) atoms. The number of rotatable bonds is 7. The number of nitrogens with zero attached hydrogens (tertiary/aromatic N) is 1. The molecule has 0 fully saturated rings. The SMILES string of the molecule is CN(C)C[C@@H](CNC(=O)Nc1ccc2c(c1)OCCCO2)[C@@H](O)c1ccccc1. The lowest BCUT2D eigenvalue weighted by Gasteiger charge is -2.26. The van der Waals surface area contributed by atoms with E-state index in [0.29, 0.717) is 43.5 Å². The van der Waals surface area contributed by atoms with E-state index in [0.717, 1.165) is 12.0 Å². The molecule has 0 bridgehead atoms. The average Bonchev–Trinajstić information content (AvgIpc) is 2.96. The molecule has 2 atom stereocenters. The highest BCUT2D eigenvalue weighted by atomic mass is 16.5. The molecule has 7 heteroatoms. The van der Waals surface area contributed by atoms with Crippen LogP contribution in [0.1, 0.15) is 18.1 Å². The number of aliphatic hydroxyl groups is 1. The number of aliphatic hydroxyl groups excluding tert-OH is 1. The molecule has 156 valence electrons. The van der Waals surface area contributed by atoms with Crippen LogP contribution in [0.3, 0.4) is 0 Å². The standard InChI is InChI=1S/C22H29N3O4/c1-25(2)15-17(21(26)16-7-4-3-5-8-16)14-23-22(27)24-18-9-10-19-20(13-18)29-12-6-11-28-19/h3-5,7-10,13,17,21,26H,6,11-12,14-15H2,1-2H3,(H2,23,24,27)/t17-,21+/m1/s1. The Morgan fingerprint density at radius 3 is 2.55 bits per heavy atom. The smallest absolute Gasteiger partial charge is 0.319 e. The summed E-state index contributed by atoms with van der Waals surface area (Å²) < 4.78 is 11.3. The molecular formula is C22H29N3O4. The monoisotopic (exact) mass is 399 g/mol. The molecule has 2 amide bonds. The highest BCUT2D eigenvalue weighted by Gasteiger charge is 2.22. The average molecular weight is 399 g/mol. The van der Waals surface area contributed by atoms with Crippen LogP contribution in [0.15, 0.2) is 48.5 Å². The molecule has 2 aromatic rings. The van der Waals surface area contributed by atoms with Crippen molar-refractivity contribution in [2.24, 2.45) is 5.92 Å². The maximum absolute atomic E-state index is 12.4. The van der Waals surface area contributed by atoms with Crippen LogP contribution in [0.4, 0.5) is 10.5 Å². The van der Waals surface area contributed by atoms with Crippen molar-refractivity contribution in [2.45, 2.75) is 12.5 Å². The Bertz CT molecular complexity index is 798. The minimum Gasteiger partial charge on any atom is -0.490 e. The molecule has 0 unspecified atom stereocenters. The van der Waals surface area contributed by atoms with Crippen LogP contribution in [0.5, 0.6) is 11.5 Å². The van der Waals surface area contributed by atoms with Gasteiger partial charge in [0.05, 0.1) is 19.3 Å². The van der Waals surface area contributed by atoms with Gasteiger partial charge in [-0.25, -0.2) is 4.79 Å². The molecule has 1 aliphatic heterocycles. The largest absolute Gasteiger partial charge is 0.490 e. The molecule has 3 N–H and O–H groups in total. The quantitative estimate of drug-likeness (QED) is 0.667. The lowest BCUT2D eigenvalue weighted by atomic mass is 9.95. The third-order valence-electron chi connectivity index (χ3n) is 4.72. The van der Waals surface area contributed by atoms with E-state index in [2.05, 4.69) is 10.6 Å². The number of amides is 2. The summed E-state index contributed by atoms with van der Waals surface area (Å²) in [5.74, 6) is 1.16. The van der Waals surface area contributed by atoms with Crippen LogP contribution in [-0.2, 0) is 0 Å². The molecule has 1 aliphatic rings. The summed E-state index contributed by atoms with van der Waals surface area (Å²) in [5.41, 5.74) is 1.46. The van der Waals surface area contributed by atoms with Gasteiger partial charge >= 0.3 is 6.03 Å². The van der Waals surface area contributed by atoms with E-state index >= 15 is 0 Å². The second kappa shape index (κ2) is 10.1. The second-order valence-electron chi connectivity index (χ2n) is 7.42. The van der Waals surface area contributed by atoms with Crippen LogP contribution in [0.25, 0.3) is 0 Å². The van der Waals surface area contributed by atoms with Gasteiger partial charge in [-0.3, -0.25) is 0 Å². The summed E-state index contributed by atoms with van der Waals surface area (Å²) >= 11 is 0. The summed E-state index contributed by atoms with van der Waals surface area (Å²) in [6, 6.07) is 14.5. The first-order valence-corrected chi connectivity index (χ1v) is 9.85. The van der Waals surface area contributed by atoms with Crippen LogP contribution in [-0.4, -0.2) is 56.4 Å². The van der Waals surface area contributed by atoms with Crippen molar-refractivity contribution in [1.29, 1.82) is 0 Å². The van der Waals surface area contributed by atoms with Crippen molar-refractivity contribution in [3.05, 3.63) is 54.1 Å². The molecule has 0 spiro atoms. The predicted octanol–water partition coefficient (Wildman–Crippen LogP) is 2.88. The zero-order chi connectivity index (χ0) is 20.6. The maximum Gasteiger partial charge on any atom is 0.319 e. The zero-order valence-corrected chi connectivity index (χ0v) is 16.9. The van der Waals surface area contributed by atoms with Gasteiger partial charge in [0.25, 0.3) is 0 Å². The van der Waals surface area contributed by atoms with Gasteiger partial charge in [-0.1, -0.05) is 30.3 Å². The van der Waals surface area contributed by atoms with Crippen LogP contribution in [0.2, 0.25) is 0 Å². The third-order valence-corrected chi connectivity index (χ3v) is 4.72. The van der Waals surface area contributed by atoms with Crippen molar-refractivity contribution in [2.75, 3.05) is 45.7 Å². The van der Waals surface area contributed by atoms with Crippen LogP contribution < -0.4 is 20.1 Å². The van der Waals surface area contributed by atoms with E-state index in [-0.39, 0.29) is 11.9 Å². The van der Waals surface area contributed by atoms with Crippen LogP contribution >= 0.6 is 0 Å². The van der Waals surface area contributed by atoms with Gasteiger partial charge < -0.3 is 30.1 Å². The first-order valence-electron chi connectivity index (χ1n) is 9.85. The first-order chi connectivity index (χ1) is 14.0. The highest BCUT2D eigenvalue weighted by Crippen LogP contribution is 2.32. The van der Waals surface area contributed by atoms with Gasteiger partial charge in [0, 0.05) is 37.2 Å². The Kier molecular flexibility index (Phi) is 7.32. The fourth-order valence-corrected chi connectivity index (χ4v) is 3.31. The summed E-state index contributed by atoms with van der Waals surface area (Å²) in [7, 11) is 3.89. The van der Waals surface area contributed by atoms with E-state index < -0.39 is 6.10 Å². The minimum atomic E-state index is -0.669. The van der Waals surface area contributed by atoms with E-state index in [1.807, 2.05) is 49.3 Å². The van der Waals surface area contributed by atoms with Crippen molar-refractivity contribution >= 4 is 11.7 Å². The molecule has 0 saturated carbocycles. The Morgan fingerprint density at radius 1 is 1.10 bits per heavy atom. The van der Waals surface area contributed by atoms with Crippen molar-refractivity contribution in [3.63, 3.8) is 0 Å². The van der Waals surface area contributed by atoms with Gasteiger partial charge in [0.2, 0.25) is 0 Å². The number of hydrogen-bond donors (Lipinski definition) is 3. The van der Waals surface area contributed by atoms with E-state index in [9.17, 15) is 9.90 Å².